The molecule has 2 nitrogen and oxygen atoms in total. The van der Waals surface area contributed by atoms with Crippen molar-refractivity contribution in [1.29, 1.82) is 5.26 Å². The summed E-state index contributed by atoms with van der Waals surface area (Å²) in [6.07, 6.45) is 0. The molecule has 0 N–H and O–H groups in total. The van der Waals surface area contributed by atoms with Gasteiger partial charge >= 0.3 is 0 Å². The van der Waals surface area contributed by atoms with E-state index < -0.39 is 0 Å². The highest BCUT2D eigenvalue weighted by Gasteiger charge is 2.11. The van der Waals surface area contributed by atoms with E-state index in [2.05, 4.69) is 26.4 Å². The molecule has 0 aliphatic carbocycles. The Bertz CT molecular complexity index is 523. The second-order valence-corrected chi connectivity index (χ2v) is 4.78. The van der Waals surface area contributed by atoms with Crippen molar-refractivity contribution in [2.45, 2.75) is 6.92 Å². The summed E-state index contributed by atoms with van der Waals surface area (Å²) in [6.45, 7) is 1.86. The quantitative estimate of drug-likeness (QED) is 0.797. The minimum absolute atomic E-state index is 0.683. The average molecular weight is 279 g/mol. The van der Waals surface area contributed by atoms with Gasteiger partial charge in [0.1, 0.15) is 6.07 Å². The fraction of sp³-hybridized carbons (Fsp3) is 0.0909. The number of benzene rings is 1. The summed E-state index contributed by atoms with van der Waals surface area (Å²) in [6, 6.07) is 10.1. The van der Waals surface area contributed by atoms with Crippen molar-refractivity contribution in [3.63, 3.8) is 0 Å². The van der Waals surface area contributed by atoms with E-state index in [-0.39, 0.29) is 0 Å². The molecule has 0 unspecified atom stereocenters. The molecule has 0 bridgehead atoms. The number of rotatable bonds is 1. The van der Waals surface area contributed by atoms with Crippen LogP contribution in [0.4, 0.5) is 0 Å². The zero-order valence-electron chi connectivity index (χ0n) is 7.99. The van der Waals surface area contributed by atoms with Crippen LogP contribution in [0.25, 0.3) is 10.4 Å². The Labute approximate surface area is 100 Å². The Balaban J connectivity index is 2.55. The van der Waals surface area contributed by atoms with Gasteiger partial charge in [-0.25, -0.2) is 0 Å². The lowest BCUT2D eigenvalue weighted by Crippen LogP contribution is -1.80. The average Bonchev–Trinajstić information content (AvgIpc) is 2.61. The lowest BCUT2D eigenvalue weighted by molar-refractivity contribution is 1.31. The van der Waals surface area contributed by atoms with Crippen LogP contribution in [0.2, 0.25) is 0 Å². The molecule has 0 saturated carbocycles. The van der Waals surface area contributed by atoms with Crippen molar-refractivity contribution in [2.75, 3.05) is 0 Å². The molecule has 0 amide bonds. The number of aromatic nitrogens is 1. The molecular weight excluding hydrogens is 272 g/mol. The van der Waals surface area contributed by atoms with Crippen LogP contribution < -0.4 is 0 Å². The van der Waals surface area contributed by atoms with Gasteiger partial charge in [-0.05, 0) is 36.2 Å². The van der Waals surface area contributed by atoms with Gasteiger partial charge in [-0.15, -0.1) is 0 Å². The van der Waals surface area contributed by atoms with Gasteiger partial charge in [0.15, 0.2) is 0 Å². The van der Waals surface area contributed by atoms with E-state index >= 15 is 0 Å². The number of hydrogen-bond acceptors (Lipinski definition) is 3. The molecule has 1 aromatic carbocycles. The first-order valence-electron chi connectivity index (χ1n) is 4.34. The number of nitriles is 1. The van der Waals surface area contributed by atoms with Crippen molar-refractivity contribution in [1.82, 2.24) is 4.37 Å². The molecule has 0 saturated heterocycles. The van der Waals surface area contributed by atoms with E-state index in [1.54, 1.807) is 0 Å². The summed E-state index contributed by atoms with van der Waals surface area (Å²) in [4.78, 5) is 0.947. The Kier molecular flexibility index (Phi) is 2.85. The zero-order chi connectivity index (χ0) is 10.8. The molecule has 0 radical (unpaired) electrons. The molecule has 15 heavy (non-hydrogen) atoms. The molecule has 4 heteroatoms. The fourth-order valence-corrected chi connectivity index (χ4v) is 2.41. The predicted octanol–water partition coefficient (Wildman–Crippen LogP) is 3.75. The first kappa shape index (κ1) is 10.3. The molecule has 74 valence electrons. The van der Waals surface area contributed by atoms with Crippen molar-refractivity contribution in [3.8, 4) is 16.5 Å². The summed E-state index contributed by atoms with van der Waals surface area (Å²) in [5.41, 5.74) is 2.53. The van der Waals surface area contributed by atoms with Crippen LogP contribution in [-0.4, -0.2) is 4.37 Å². The number of halogens is 1. The van der Waals surface area contributed by atoms with Crippen LogP contribution in [0.5, 0.6) is 0 Å². The zero-order valence-corrected chi connectivity index (χ0v) is 10.4. The first-order valence-corrected chi connectivity index (χ1v) is 5.91. The topological polar surface area (TPSA) is 36.7 Å². The van der Waals surface area contributed by atoms with Crippen molar-refractivity contribution in [3.05, 3.63) is 40.0 Å². The Hall–Kier alpha value is -1.18. The number of aryl methyl sites for hydroxylation is 1. The fourth-order valence-electron chi connectivity index (χ4n) is 1.30. The van der Waals surface area contributed by atoms with Gasteiger partial charge in [-0.2, -0.15) is 9.64 Å². The molecule has 2 rings (SSSR count). The second-order valence-electron chi connectivity index (χ2n) is 3.09. The maximum absolute atomic E-state index is 9.01. The van der Waals surface area contributed by atoms with Crippen LogP contribution in [0, 0.1) is 18.3 Å². The molecule has 0 aliphatic heterocycles. The van der Waals surface area contributed by atoms with Crippen molar-refractivity contribution >= 4 is 27.5 Å². The van der Waals surface area contributed by atoms with Gasteiger partial charge < -0.3 is 0 Å². The first-order chi connectivity index (χ1) is 7.22. The van der Waals surface area contributed by atoms with Crippen LogP contribution in [-0.2, 0) is 0 Å². The third-order valence-corrected chi connectivity index (χ3v) is 3.60. The Morgan fingerprint density at radius 1 is 1.33 bits per heavy atom. The predicted molar refractivity (Wildman–Crippen MR) is 64.7 cm³/mol. The number of nitrogens with zero attached hydrogens (tertiary/aromatic N) is 2. The lowest BCUT2D eigenvalue weighted by atomic mass is 10.1. The van der Waals surface area contributed by atoms with Crippen LogP contribution in [0.1, 0.15) is 11.3 Å². The van der Waals surface area contributed by atoms with Gasteiger partial charge in [0, 0.05) is 4.47 Å². The summed E-state index contributed by atoms with van der Waals surface area (Å²) >= 11 is 4.75. The van der Waals surface area contributed by atoms with E-state index in [0.717, 1.165) is 20.6 Å². The number of hydrogen-bond donors (Lipinski definition) is 0. The molecule has 1 aromatic heterocycles. The Morgan fingerprint density at radius 2 is 2.00 bits per heavy atom. The smallest absolute Gasteiger partial charge is 0.103 e. The maximum Gasteiger partial charge on any atom is 0.103 e. The molecule has 0 spiro atoms. The van der Waals surface area contributed by atoms with Crippen LogP contribution in [0.3, 0.4) is 0 Å². The second kappa shape index (κ2) is 4.13. The largest absolute Gasteiger partial charge is 0.196 e. The minimum atomic E-state index is 0.683. The highest BCUT2D eigenvalue weighted by molar-refractivity contribution is 9.10. The summed E-state index contributed by atoms with van der Waals surface area (Å²) in [5, 5.41) is 9.01. The summed E-state index contributed by atoms with van der Waals surface area (Å²) < 4.78 is 5.23. The van der Waals surface area contributed by atoms with Gasteiger partial charge in [0.2, 0.25) is 0 Å². The summed E-state index contributed by atoms with van der Waals surface area (Å²) in [7, 11) is 0. The van der Waals surface area contributed by atoms with E-state index in [9.17, 15) is 0 Å². The SMILES string of the molecule is Cc1nsc(-c2ccc(Br)cc2)c1C#N. The lowest BCUT2D eigenvalue weighted by Gasteiger charge is -1.97. The third-order valence-electron chi connectivity index (χ3n) is 2.08. The molecule has 0 aliphatic rings. The molecular formula is C11H7BrN2S. The molecule has 1 heterocycles. The molecule has 2 aromatic rings. The monoisotopic (exact) mass is 278 g/mol. The van der Waals surface area contributed by atoms with Crippen molar-refractivity contribution < 1.29 is 0 Å². The van der Waals surface area contributed by atoms with Gasteiger partial charge in [0.25, 0.3) is 0 Å². The minimum Gasteiger partial charge on any atom is -0.196 e. The van der Waals surface area contributed by atoms with E-state index in [1.807, 2.05) is 31.2 Å². The maximum atomic E-state index is 9.01. The van der Waals surface area contributed by atoms with E-state index in [1.165, 1.54) is 11.5 Å². The van der Waals surface area contributed by atoms with Gasteiger partial charge in [-0.1, -0.05) is 28.1 Å². The normalized spacial score (nSPS) is 9.93. The van der Waals surface area contributed by atoms with Crippen molar-refractivity contribution in [2.24, 2.45) is 0 Å². The summed E-state index contributed by atoms with van der Waals surface area (Å²) in [5.74, 6) is 0. The highest BCUT2D eigenvalue weighted by Crippen LogP contribution is 2.30. The van der Waals surface area contributed by atoms with Gasteiger partial charge in [0.05, 0.1) is 16.1 Å². The molecule has 0 fully saturated rings. The van der Waals surface area contributed by atoms with Crippen LogP contribution in [0.15, 0.2) is 28.7 Å². The van der Waals surface area contributed by atoms with Gasteiger partial charge in [-0.3, -0.25) is 0 Å². The van der Waals surface area contributed by atoms with Crippen LogP contribution >= 0.6 is 27.5 Å². The standard InChI is InChI=1S/C11H7BrN2S/c1-7-10(6-13)11(15-14-7)8-2-4-9(12)5-3-8/h2-5H,1H3. The Morgan fingerprint density at radius 3 is 2.60 bits per heavy atom. The highest BCUT2D eigenvalue weighted by atomic mass is 79.9. The molecule has 0 atom stereocenters. The third kappa shape index (κ3) is 1.94. The van der Waals surface area contributed by atoms with E-state index in [0.29, 0.717) is 5.56 Å². The van der Waals surface area contributed by atoms with E-state index in [4.69, 9.17) is 5.26 Å².